The fourth-order valence-corrected chi connectivity index (χ4v) is 4.31. The highest BCUT2D eigenvalue weighted by Gasteiger charge is 2.39. The highest BCUT2D eigenvalue weighted by atomic mass is 16.6. The van der Waals surface area contributed by atoms with Crippen molar-refractivity contribution in [1.29, 1.82) is 0 Å². The molecule has 0 aliphatic carbocycles. The van der Waals surface area contributed by atoms with Crippen molar-refractivity contribution in [1.82, 2.24) is 15.5 Å². The summed E-state index contributed by atoms with van der Waals surface area (Å²) in [7, 11) is 1.64. The summed E-state index contributed by atoms with van der Waals surface area (Å²) in [5.41, 5.74) is -1.73. The summed E-state index contributed by atoms with van der Waals surface area (Å²) >= 11 is 0. The molecule has 0 aromatic carbocycles. The quantitative estimate of drug-likeness (QED) is 0.631. The summed E-state index contributed by atoms with van der Waals surface area (Å²) in [6.07, 6.45) is 9.20. The van der Waals surface area contributed by atoms with Gasteiger partial charge in [-0.15, -0.1) is 0 Å². The summed E-state index contributed by atoms with van der Waals surface area (Å²) in [6, 6.07) is 0.0397. The maximum absolute atomic E-state index is 13.4. The van der Waals surface area contributed by atoms with Gasteiger partial charge in [0.25, 0.3) is 0 Å². The molecule has 1 aliphatic rings. The number of nitrogens with one attached hydrogen (secondary N) is 2. The standard InChI is InChI=1S/C25H45N3O4/c1-19(2)22(30)24(5)15-13-11-9-8-10-12-14-16-32-23(31)28(7)18-25(6,27-20(3)4)21(29)17-26-24/h12,14,19-20,26-27H,8-11,13,15-18H2,1-7H3/t24-,25+/m0/s1. The second-order valence-corrected chi connectivity index (χ2v) is 10.1. The summed E-state index contributed by atoms with van der Waals surface area (Å²) in [6.45, 7) is 11.9. The lowest BCUT2D eigenvalue weighted by Gasteiger charge is -2.37. The van der Waals surface area contributed by atoms with E-state index in [2.05, 4.69) is 10.6 Å². The van der Waals surface area contributed by atoms with E-state index in [0.29, 0.717) is 6.42 Å². The maximum atomic E-state index is 13.4. The van der Waals surface area contributed by atoms with Crippen LogP contribution in [0, 0.1) is 5.92 Å². The largest absolute Gasteiger partial charge is 0.445 e. The second kappa shape index (κ2) is 13.1. The molecule has 7 nitrogen and oxygen atoms in total. The Morgan fingerprint density at radius 2 is 1.75 bits per heavy atom. The molecule has 1 heterocycles. The van der Waals surface area contributed by atoms with Crippen LogP contribution in [0.25, 0.3) is 0 Å². The number of ether oxygens (including phenoxy) is 1. The summed E-state index contributed by atoms with van der Waals surface area (Å²) in [5, 5.41) is 6.62. The van der Waals surface area contributed by atoms with Gasteiger partial charge in [-0.3, -0.25) is 14.9 Å². The molecule has 2 atom stereocenters. The molecule has 184 valence electrons. The molecule has 0 fully saturated rings. The van der Waals surface area contributed by atoms with Crippen molar-refractivity contribution in [2.24, 2.45) is 5.92 Å². The number of hydrogen-bond donors (Lipinski definition) is 2. The molecule has 1 aliphatic heterocycles. The third-order valence-electron chi connectivity index (χ3n) is 6.06. The van der Waals surface area contributed by atoms with Crippen molar-refractivity contribution >= 4 is 17.7 Å². The van der Waals surface area contributed by atoms with Crippen LogP contribution in [0.1, 0.15) is 80.1 Å². The minimum atomic E-state index is -0.974. The normalized spacial score (nSPS) is 27.8. The van der Waals surface area contributed by atoms with Crippen LogP contribution in [0.2, 0.25) is 0 Å². The summed E-state index contributed by atoms with van der Waals surface area (Å²) < 4.78 is 5.32. The average molecular weight is 452 g/mol. The van der Waals surface area contributed by atoms with E-state index in [0.717, 1.165) is 32.1 Å². The molecule has 0 saturated heterocycles. The SMILES string of the molecule is CC(C)N[C@]1(C)CN(C)C(=O)OCC=CCCCCCC[C@@](C)(C(=O)C(C)C)NCC1=O. The predicted octanol–water partition coefficient (Wildman–Crippen LogP) is 3.86. The Hall–Kier alpha value is -1.73. The van der Waals surface area contributed by atoms with E-state index < -0.39 is 17.2 Å². The van der Waals surface area contributed by atoms with Crippen molar-refractivity contribution < 1.29 is 19.1 Å². The van der Waals surface area contributed by atoms with E-state index in [9.17, 15) is 14.4 Å². The molecule has 1 amide bonds. The maximum Gasteiger partial charge on any atom is 0.409 e. The van der Waals surface area contributed by atoms with Gasteiger partial charge in [0.1, 0.15) is 6.61 Å². The number of amides is 1. The van der Waals surface area contributed by atoms with Crippen molar-refractivity contribution in [2.45, 2.75) is 97.2 Å². The lowest BCUT2D eigenvalue weighted by atomic mass is 9.83. The summed E-state index contributed by atoms with van der Waals surface area (Å²) in [4.78, 5) is 40.2. The Kier molecular flexibility index (Phi) is 11.6. The number of nitrogens with zero attached hydrogens (tertiary/aromatic N) is 1. The van der Waals surface area contributed by atoms with Gasteiger partial charge < -0.3 is 15.0 Å². The van der Waals surface area contributed by atoms with Gasteiger partial charge in [0, 0.05) is 25.6 Å². The number of hydrogen-bond acceptors (Lipinski definition) is 6. The Labute approximate surface area is 194 Å². The van der Waals surface area contributed by atoms with E-state index in [4.69, 9.17) is 4.74 Å². The molecular weight excluding hydrogens is 406 g/mol. The first-order valence-corrected chi connectivity index (χ1v) is 12.0. The van der Waals surface area contributed by atoms with Crippen LogP contribution in [0.5, 0.6) is 0 Å². The molecule has 7 heteroatoms. The first-order chi connectivity index (χ1) is 14.9. The van der Waals surface area contributed by atoms with E-state index in [1.165, 1.54) is 4.90 Å². The third kappa shape index (κ3) is 9.02. The highest BCUT2D eigenvalue weighted by molar-refractivity contribution is 5.93. The first-order valence-electron chi connectivity index (χ1n) is 12.0. The van der Waals surface area contributed by atoms with Gasteiger partial charge in [-0.05, 0) is 47.0 Å². The van der Waals surface area contributed by atoms with Crippen LogP contribution >= 0.6 is 0 Å². The number of rotatable bonds is 4. The van der Waals surface area contributed by atoms with Gasteiger partial charge in [0.2, 0.25) is 0 Å². The molecule has 0 unspecified atom stereocenters. The minimum Gasteiger partial charge on any atom is -0.445 e. The molecule has 0 aromatic heterocycles. The number of carbonyl (C=O) groups is 3. The van der Waals surface area contributed by atoms with Gasteiger partial charge in [0.15, 0.2) is 11.6 Å². The van der Waals surface area contributed by atoms with Crippen LogP contribution in [0.3, 0.4) is 0 Å². The zero-order chi connectivity index (χ0) is 24.4. The number of cyclic esters (lactones) is 1. The van der Waals surface area contributed by atoms with Crippen molar-refractivity contribution in [3.8, 4) is 0 Å². The van der Waals surface area contributed by atoms with E-state index in [1.807, 2.05) is 46.8 Å². The monoisotopic (exact) mass is 451 g/mol. The lowest BCUT2D eigenvalue weighted by molar-refractivity contribution is -0.129. The van der Waals surface area contributed by atoms with E-state index in [1.54, 1.807) is 14.0 Å². The van der Waals surface area contributed by atoms with Gasteiger partial charge >= 0.3 is 6.09 Å². The fraction of sp³-hybridized carbons (Fsp3) is 0.800. The molecule has 0 aromatic rings. The number of allylic oxidation sites excluding steroid dienone is 1. The molecule has 0 radical (unpaired) electrons. The van der Waals surface area contributed by atoms with Crippen LogP contribution in [-0.4, -0.2) is 66.4 Å². The number of carbonyl (C=O) groups excluding carboxylic acids is 3. The Morgan fingerprint density at radius 3 is 2.38 bits per heavy atom. The smallest absolute Gasteiger partial charge is 0.409 e. The van der Waals surface area contributed by atoms with E-state index >= 15 is 0 Å². The topological polar surface area (TPSA) is 87.7 Å². The lowest BCUT2D eigenvalue weighted by Crippen LogP contribution is -2.63. The van der Waals surface area contributed by atoms with Gasteiger partial charge in [-0.2, -0.15) is 0 Å². The van der Waals surface area contributed by atoms with Gasteiger partial charge in [-0.25, -0.2) is 4.79 Å². The zero-order valence-electron chi connectivity index (χ0n) is 21.3. The average Bonchev–Trinajstić information content (AvgIpc) is 2.71. The van der Waals surface area contributed by atoms with Gasteiger partial charge in [0.05, 0.1) is 17.6 Å². The number of likely N-dealkylation sites (N-methyl/N-ethyl adjacent to an activating group) is 1. The number of ketones is 2. The predicted molar refractivity (Wildman–Crippen MR) is 129 cm³/mol. The third-order valence-corrected chi connectivity index (χ3v) is 6.06. The molecule has 0 bridgehead atoms. The molecular formula is C25H45N3O4. The Morgan fingerprint density at radius 1 is 1.09 bits per heavy atom. The molecule has 2 N–H and O–H groups in total. The van der Waals surface area contributed by atoms with Crippen LogP contribution in [-0.2, 0) is 14.3 Å². The first kappa shape index (κ1) is 28.3. The molecule has 32 heavy (non-hydrogen) atoms. The Balaban J connectivity index is 3.13. The molecule has 0 spiro atoms. The Bertz CT molecular complexity index is 662. The second-order valence-electron chi connectivity index (χ2n) is 10.1. The minimum absolute atomic E-state index is 0.0397. The van der Waals surface area contributed by atoms with E-state index in [-0.39, 0.29) is 43.2 Å². The fourth-order valence-electron chi connectivity index (χ4n) is 4.31. The molecule has 1 rings (SSSR count). The van der Waals surface area contributed by atoms with Crippen molar-refractivity contribution in [2.75, 3.05) is 26.7 Å². The van der Waals surface area contributed by atoms with Crippen LogP contribution in [0.15, 0.2) is 12.2 Å². The van der Waals surface area contributed by atoms with Gasteiger partial charge in [-0.1, -0.05) is 45.3 Å². The highest BCUT2D eigenvalue weighted by Crippen LogP contribution is 2.22. The summed E-state index contributed by atoms with van der Waals surface area (Å²) in [5.74, 6) is -0.0804. The van der Waals surface area contributed by atoms with Crippen LogP contribution < -0.4 is 10.6 Å². The van der Waals surface area contributed by atoms with Crippen LogP contribution in [0.4, 0.5) is 4.79 Å². The van der Waals surface area contributed by atoms with Crippen molar-refractivity contribution in [3.05, 3.63) is 12.2 Å². The number of Topliss-reactive ketones (excluding diaryl/α,β-unsaturated/α-hetero) is 2. The zero-order valence-corrected chi connectivity index (χ0v) is 21.3. The van der Waals surface area contributed by atoms with Crippen molar-refractivity contribution in [3.63, 3.8) is 0 Å². The molecule has 0 saturated carbocycles.